The molecule has 0 bridgehead atoms. The Balaban J connectivity index is 1.70. The second-order valence-corrected chi connectivity index (χ2v) is 5.48. The Morgan fingerprint density at radius 3 is 2.79 bits per heavy atom. The van der Waals surface area contributed by atoms with Gasteiger partial charge in [-0.05, 0) is 36.8 Å². The van der Waals surface area contributed by atoms with Gasteiger partial charge in [0.25, 0.3) is 0 Å². The molecule has 1 aliphatic rings. The number of nitrogens with zero attached hydrogens (tertiary/aromatic N) is 2. The fourth-order valence-corrected chi connectivity index (χ4v) is 2.64. The maximum absolute atomic E-state index is 13.1. The molecule has 1 saturated heterocycles. The van der Waals surface area contributed by atoms with E-state index in [0.29, 0.717) is 31.9 Å². The first-order valence-corrected chi connectivity index (χ1v) is 7.92. The molecule has 2 heterocycles. The maximum atomic E-state index is 13.1. The molecule has 0 saturated carbocycles. The van der Waals surface area contributed by atoms with Crippen LogP contribution in [0.4, 0.5) is 10.2 Å². The minimum absolute atomic E-state index is 0.133. The predicted molar refractivity (Wildman–Crippen MR) is 87.5 cm³/mol. The Morgan fingerprint density at radius 2 is 2.12 bits per heavy atom. The van der Waals surface area contributed by atoms with Crippen LogP contribution in [-0.4, -0.2) is 37.3 Å². The molecule has 0 spiro atoms. The second kappa shape index (κ2) is 7.40. The Hall–Kier alpha value is -2.47. The maximum Gasteiger partial charge on any atom is 0.339 e. The highest BCUT2D eigenvalue weighted by Crippen LogP contribution is 2.25. The summed E-state index contributed by atoms with van der Waals surface area (Å²) in [5.41, 5.74) is 1.37. The monoisotopic (exact) mass is 330 g/mol. The van der Waals surface area contributed by atoms with E-state index in [9.17, 15) is 9.18 Å². The molecule has 0 unspecified atom stereocenters. The molecular weight excluding hydrogens is 311 g/mol. The summed E-state index contributed by atoms with van der Waals surface area (Å²) < 4.78 is 23.8. The Kier molecular flexibility index (Phi) is 5.05. The topological polar surface area (TPSA) is 51.7 Å². The van der Waals surface area contributed by atoms with Gasteiger partial charge < -0.3 is 14.4 Å². The van der Waals surface area contributed by atoms with Crippen LogP contribution in [-0.2, 0) is 9.47 Å². The van der Waals surface area contributed by atoms with Crippen LogP contribution in [0.1, 0.15) is 28.9 Å². The molecule has 0 amide bonds. The third-order valence-electron chi connectivity index (χ3n) is 3.89. The van der Waals surface area contributed by atoms with Crippen LogP contribution in [0, 0.1) is 5.82 Å². The summed E-state index contributed by atoms with van der Waals surface area (Å²) in [6, 6.07) is 9.86. The number of ether oxygens (including phenoxy) is 2. The number of anilines is 1. The van der Waals surface area contributed by atoms with Gasteiger partial charge in [0.2, 0.25) is 0 Å². The largest absolute Gasteiger partial charge is 0.462 e. The zero-order chi connectivity index (χ0) is 16.9. The summed E-state index contributed by atoms with van der Waals surface area (Å²) in [5, 5.41) is 0. The van der Waals surface area contributed by atoms with E-state index >= 15 is 0 Å². The fourth-order valence-electron chi connectivity index (χ4n) is 2.64. The number of halogens is 1. The molecule has 1 fully saturated rings. The van der Waals surface area contributed by atoms with E-state index in [1.807, 2.05) is 0 Å². The van der Waals surface area contributed by atoms with Crippen molar-refractivity contribution in [3.63, 3.8) is 0 Å². The van der Waals surface area contributed by atoms with Gasteiger partial charge in [-0.1, -0.05) is 12.1 Å². The molecular formula is C18H19FN2O3. The summed E-state index contributed by atoms with van der Waals surface area (Å²) in [7, 11) is 0. The van der Waals surface area contributed by atoms with Crippen LogP contribution in [0.15, 0.2) is 42.6 Å². The first-order chi connectivity index (χ1) is 11.7. The van der Waals surface area contributed by atoms with Gasteiger partial charge in [0.15, 0.2) is 0 Å². The molecule has 0 aliphatic carbocycles. The number of rotatable bonds is 4. The number of hydrogen-bond donors (Lipinski definition) is 0. The lowest BCUT2D eigenvalue weighted by molar-refractivity contribution is 0.0394. The Labute approximate surface area is 140 Å². The van der Waals surface area contributed by atoms with Crippen LogP contribution in [0.5, 0.6) is 0 Å². The van der Waals surface area contributed by atoms with E-state index in [4.69, 9.17) is 9.47 Å². The predicted octanol–water partition coefficient (Wildman–Crippen LogP) is 2.98. The van der Waals surface area contributed by atoms with Gasteiger partial charge in [-0.2, -0.15) is 0 Å². The highest BCUT2D eigenvalue weighted by atomic mass is 19.1. The van der Waals surface area contributed by atoms with Crippen LogP contribution in [0.2, 0.25) is 0 Å². The van der Waals surface area contributed by atoms with Crippen molar-refractivity contribution in [1.29, 1.82) is 0 Å². The van der Waals surface area contributed by atoms with E-state index in [1.54, 1.807) is 31.2 Å². The van der Waals surface area contributed by atoms with Crippen molar-refractivity contribution in [3.8, 4) is 0 Å². The molecule has 5 nitrogen and oxygen atoms in total. The molecule has 1 aromatic heterocycles. The molecule has 2 aromatic rings. The number of aromatic nitrogens is 1. The van der Waals surface area contributed by atoms with Gasteiger partial charge in [-0.25, -0.2) is 14.2 Å². The molecule has 3 rings (SSSR count). The molecule has 1 atom stereocenters. The van der Waals surface area contributed by atoms with Gasteiger partial charge in [-0.15, -0.1) is 0 Å². The number of benzene rings is 1. The first-order valence-electron chi connectivity index (χ1n) is 7.92. The third kappa shape index (κ3) is 3.71. The molecule has 0 N–H and O–H groups in total. The number of pyridine rings is 1. The van der Waals surface area contributed by atoms with Crippen molar-refractivity contribution in [2.24, 2.45) is 0 Å². The zero-order valence-corrected chi connectivity index (χ0v) is 13.4. The van der Waals surface area contributed by atoms with Crippen molar-refractivity contribution in [2.75, 3.05) is 31.2 Å². The summed E-state index contributed by atoms with van der Waals surface area (Å²) in [6.07, 6.45) is 1.39. The van der Waals surface area contributed by atoms with Gasteiger partial charge in [0, 0.05) is 19.3 Å². The van der Waals surface area contributed by atoms with Crippen molar-refractivity contribution in [2.45, 2.75) is 13.0 Å². The minimum atomic E-state index is -0.372. The van der Waals surface area contributed by atoms with Crippen LogP contribution in [0.3, 0.4) is 0 Å². The van der Waals surface area contributed by atoms with Crippen LogP contribution in [0.25, 0.3) is 0 Å². The Morgan fingerprint density at radius 1 is 1.33 bits per heavy atom. The lowest BCUT2D eigenvalue weighted by Gasteiger charge is -2.34. The van der Waals surface area contributed by atoms with Crippen molar-refractivity contribution in [3.05, 3.63) is 59.5 Å². The molecule has 126 valence electrons. The molecule has 6 heteroatoms. The van der Waals surface area contributed by atoms with Crippen LogP contribution >= 0.6 is 0 Å². The quantitative estimate of drug-likeness (QED) is 0.807. The standard InChI is InChI=1S/C18H19FN2O3/c1-2-23-18(22)14-5-8-17(20-11-14)21-9-10-24-16(12-21)13-3-6-15(19)7-4-13/h3-8,11,16H,2,9-10,12H2,1H3/t16-/m1/s1. The normalized spacial score (nSPS) is 17.6. The zero-order valence-electron chi connectivity index (χ0n) is 13.4. The SMILES string of the molecule is CCOC(=O)c1ccc(N2CCO[C@@H](c3ccc(F)cc3)C2)nc1. The summed E-state index contributed by atoms with van der Waals surface area (Å²) >= 11 is 0. The number of esters is 1. The number of morpholine rings is 1. The second-order valence-electron chi connectivity index (χ2n) is 5.48. The van der Waals surface area contributed by atoms with E-state index in [0.717, 1.165) is 11.4 Å². The van der Waals surface area contributed by atoms with Gasteiger partial charge in [-0.3, -0.25) is 0 Å². The van der Waals surface area contributed by atoms with E-state index in [-0.39, 0.29) is 17.9 Å². The van der Waals surface area contributed by atoms with E-state index in [1.165, 1.54) is 18.3 Å². The van der Waals surface area contributed by atoms with Crippen molar-refractivity contribution >= 4 is 11.8 Å². The smallest absolute Gasteiger partial charge is 0.339 e. The highest BCUT2D eigenvalue weighted by molar-refractivity contribution is 5.89. The molecule has 24 heavy (non-hydrogen) atoms. The summed E-state index contributed by atoms with van der Waals surface area (Å²) in [5.74, 6) is 0.142. The molecule has 1 aliphatic heterocycles. The van der Waals surface area contributed by atoms with Crippen molar-refractivity contribution in [1.82, 2.24) is 4.98 Å². The fraction of sp³-hybridized carbons (Fsp3) is 0.333. The minimum Gasteiger partial charge on any atom is -0.462 e. The average molecular weight is 330 g/mol. The Bertz CT molecular complexity index is 688. The lowest BCUT2D eigenvalue weighted by atomic mass is 10.1. The average Bonchev–Trinajstić information content (AvgIpc) is 2.63. The highest BCUT2D eigenvalue weighted by Gasteiger charge is 2.23. The number of hydrogen-bond acceptors (Lipinski definition) is 5. The van der Waals surface area contributed by atoms with Crippen molar-refractivity contribution < 1.29 is 18.7 Å². The summed E-state index contributed by atoms with van der Waals surface area (Å²) in [6.45, 7) is 4.00. The number of carbonyl (C=O) groups excluding carboxylic acids is 1. The molecule has 1 aromatic carbocycles. The van der Waals surface area contributed by atoms with Gasteiger partial charge >= 0.3 is 5.97 Å². The van der Waals surface area contributed by atoms with Gasteiger partial charge in [0.05, 0.1) is 18.8 Å². The van der Waals surface area contributed by atoms with Crippen LogP contribution < -0.4 is 4.90 Å². The third-order valence-corrected chi connectivity index (χ3v) is 3.89. The first kappa shape index (κ1) is 16.4. The van der Waals surface area contributed by atoms with E-state index in [2.05, 4.69) is 9.88 Å². The number of carbonyl (C=O) groups is 1. The summed E-state index contributed by atoms with van der Waals surface area (Å²) in [4.78, 5) is 18.1. The van der Waals surface area contributed by atoms with E-state index < -0.39 is 0 Å². The lowest BCUT2D eigenvalue weighted by Crippen LogP contribution is -2.38. The molecule has 0 radical (unpaired) electrons. The van der Waals surface area contributed by atoms with Gasteiger partial charge in [0.1, 0.15) is 17.7 Å².